The van der Waals surface area contributed by atoms with E-state index in [1.54, 1.807) is 30.5 Å². The van der Waals surface area contributed by atoms with Crippen molar-refractivity contribution in [1.82, 2.24) is 4.98 Å². The number of nitrogens with one attached hydrogen (secondary N) is 1. The number of para-hydroxylation sites is 1. The van der Waals surface area contributed by atoms with Gasteiger partial charge in [0.15, 0.2) is 0 Å². The average Bonchev–Trinajstić information content (AvgIpc) is 3.00. The molecule has 136 valence electrons. The van der Waals surface area contributed by atoms with Crippen LogP contribution >= 0.6 is 0 Å². The van der Waals surface area contributed by atoms with Crippen molar-refractivity contribution >= 4 is 23.1 Å². The summed E-state index contributed by atoms with van der Waals surface area (Å²) in [7, 11) is 0. The van der Waals surface area contributed by atoms with Gasteiger partial charge in [0.2, 0.25) is 5.91 Å². The molecule has 0 radical (unpaired) electrons. The summed E-state index contributed by atoms with van der Waals surface area (Å²) >= 11 is 0. The zero-order valence-corrected chi connectivity index (χ0v) is 15.0. The van der Waals surface area contributed by atoms with Gasteiger partial charge in [0.25, 0.3) is 0 Å². The van der Waals surface area contributed by atoms with Crippen LogP contribution in [0.4, 0.5) is 21.6 Å². The number of carbonyl (C=O) groups excluding carboxylic acids is 1. The molecule has 2 aromatic carbocycles. The number of benzene rings is 2. The number of amides is 1. The fourth-order valence-electron chi connectivity index (χ4n) is 3.56. The van der Waals surface area contributed by atoms with E-state index in [2.05, 4.69) is 40.3 Å². The standard InChI is InChI=1S/C22H20FN3O/c1-15-12-17-7-3-5-9-20(17)26(15)18-10-11-21(24-14-18)25-22(27)13-16-6-2-4-8-19(16)23/h2-11,14-15H,12-13H2,1H3,(H,24,25,27). The largest absolute Gasteiger partial charge is 0.337 e. The van der Waals surface area contributed by atoms with Crippen LogP contribution in [0.25, 0.3) is 0 Å². The monoisotopic (exact) mass is 361 g/mol. The summed E-state index contributed by atoms with van der Waals surface area (Å²) in [6.45, 7) is 2.18. The number of rotatable bonds is 4. The molecule has 0 saturated carbocycles. The van der Waals surface area contributed by atoms with Crippen LogP contribution < -0.4 is 10.2 Å². The lowest BCUT2D eigenvalue weighted by Crippen LogP contribution is -2.24. The second kappa shape index (κ2) is 7.19. The number of carbonyl (C=O) groups is 1. The normalized spacial score (nSPS) is 15.5. The smallest absolute Gasteiger partial charge is 0.230 e. The minimum absolute atomic E-state index is 0.0212. The van der Waals surface area contributed by atoms with E-state index in [1.807, 2.05) is 12.1 Å². The van der Waals surface area contributed by atoms with Crippen molar-refractivity contribution < 1.29 is 9.18 Å². The maximum atomic E-state index is 13.7. The summed E-state index contributed by atoms with van der Waals surface area (Å²) in [5, 5.41) is 2.73. The molecular formula is C22H20FN3O. The number of fused-ring (bicyclic) bond motifs is 1. The molecule has 1 atom stereocenters. The summed E-state index contributed by atoms with van der Waals surface area (Å²) < 4.78 is 13.7. The van der Waals surface area contributed by atoms with Crippen LogP contribution in [-0.4, -0.2) is 16.9 Å². The maximum absolute atomic E-state index is 13.7. The molecule has 5 heteroatoms. The number of pyridine rings is 1. The van der Waals surface area contributed by atoms with Crippen LogP contribution in [0, 0.1) is 5.82 Å². The Balaban J connectivity index is 1.47. The fourth-order valence-corrected chi connectivity index (χ4v) is 3.56. The number of hydrogen-bond donors (Lipinski definition) is 1. The second-order valence-corrected chi connectivity index (χ2v) is 6.77. The molecular weight excluding hydrogens is 341 g/mol. The molecule has 1 N–H and O–H groups in total. The van der Waals surface area contributed by atoms with Gasteiger partial charge in [-0.05, 0) is 48.7 Å². The number of anilines is 3. The van der Waals surface area contributed by atoms with Crippen LogP contribution in [0.5, 0.6) is 0 Å². The summed E-state index contributed by atoms with van der Waals surface area (Å²) in [6.07, 6.45) is 2.74. The second-order valence-electron chi connectivity index (χ2n) is 6.77. The Bertz CT molecular complexity index is 971. The Hall–Kier alpha value is -3.21. The van der Waals surface area contributed by atoms with Crippen LogP contribution in [0.2, 0.25) is 0 Å². The Labute approximate surface area is 157 Å². The predicted molar refractivity (Wildman–Crippen MR) is 105 cm³/mol. The third-order valence-corrected chi connectivity index (χ3v) is 4.81. The third kappa shape index (κ3) is 3.53. The van der Waals surface area contributed by atoms with Crippen LogP contribution in [0.3, 0.4) is 0 Å². The molecule has 0 saturated heterocycles. The third-order valence-electron chi connectivity index (χ3n) is 4.81. The molecule has 0 spiro atoms. The first-order chi connectivity index (χ1) is 13.1. The Morgan fingerprint density at radius 1 is 1.15 bits per heavy atom. The van der Waals surface area contributed by atoms with Gasteiger partial charge < -0.3 is 10.2 Å². The van der Waals surface area contributed by atoms with E-state index in [9.17, 15) is 9.18 Å². The first-order valence-corrected chi connectivity index (χ1v) is 8.98. The molecule has 0 aliphatic carbocycles. The number of hydrogen-bond acceptors (Lipinski definition) is 3. The van der Waals surface area contributed by atoms with Gasteiger partial charge in [0.1, 0.15) is 11.6 Å². The molecule has 2 heterocycles. The summed E-state index contributed by atoms with van der Waals surface area (Å²) in [5.74, 6) is -0.210. The highest BCUT2D eigenvalue weighted by Crippen LogP contribution is 2.37. The van der Waals surface area contributed by atoms with Crippen molar-refractivity contribution in [2.24, 2.45) is 0 Å². The number of nitrogens with zero attached hydrogens (tertiary/aromatic N) is 2. The fraction of sp³-hybridized carbons (Fsp3) is 0.182. The van der Waals surface area contributed by atoms with E-state index < -0.39 is 0 Å². The summed E-state index contributed by atoms with van der Waals surface area (Å²) in [6, 6.07) is 18.7. The van der Waals surface area contributed by atoms with Gasteiger partial charge in [-0.25, -0.2) is 9.37 Å². The molecule has 1 aliphatic heterocycles. The van der Waals surface area contributed by atoms with Crippen molar-refractivity contribution in [2.45, 2.75) is 25.8 Å². The Kier molecular flexibility index (Phi) is 4.59. The van der Waals surface area contributed by atoms with Crippen LogP contribution in [0.15, 0.2) is 66.9 Å². The van der Waals surface area contributed by atoms with Gasteiger partial charge in [-0.3, -0.25) is 4.79 Å². The molecule has 4 nitrogen and oxygen atoms in total. The van der Waals surface area contributed by atoms with Gasteiger partial charge in [-0.2, -0.15) is 0 Å². The van der Waals surface area contributed by atoms with Crippen LogP contribution in [0.1, 0.15) is 18.1 Å². The Morgan fingerprint density at radius 3 is 2.70 bits per heavy atom. The van der Waals surface area contributed by atoms with Gasteiger partial charge in [-0.1, -0.05) is 36.4 Å². The minimum atomic E-state index is -0.377. The number of halogens is 1. The summed E-state index contributed by atoms with van der Waals surface area (Å²) in [4.78, 5) is 18.8. The molecule has 3 aromatic rings. The number of aromatic nitrogens is 1. The molecule has 0 fully saturated rings. The van der Waals surface area contributed by atoms with Crippen molar-refractivity contribution in [3.05, 3.63) is 83.8 Å². The lowest BCUT2D eigenvalue weighted by molar-refractivity contribution is -0.115. The lowest BCUT2D eigenvalue weighted by atomic mass is 10.1. The van der Waals surface area contributed by atoms with Gasteiger partial charge in [0.05, 0.1) is 18.3 Å². The molecule has 1 aliphatic rings. The highest BCUT2D eigenvalue weighted by molar-refractivity contribution is 5.91. The summed E-state index contributed by atoms with van der Waals surface area (Å²) in [5.41, 5.74) is 3.88. The topological polar surface area (TPSA) is 45.2 Å². The highest BCUT2D eigenvalue weighted by atomic mass is 19.1. The molecule has 1 amide bonds. The van der Waals surface area contributed by atoms with Crippen molar-refractivity contribution in [3.63, 3.8) is 0 Å². The van der Waals surface area contributed by atoms with E-state index in [0.29, 0.717) is 17.4 Å². The molecule has 27 heavy (non-hydrogen) atoms. The van der Waals surface area contributed by atoms with Gasteiger partial charge in [0, 0.05) is 11.7 Å². The van der Waals surface area contributed by atoms with Crippen LogP contribution in [-0.2, 0) is 17.6 Å². The van der Waals surface area contributed by atoms with Gasteiger partial charge >= 0.3 is 0 Å². The van der Waals surface area contributed by atoms with E-state index in [4.69, 9.17) is 0 Å². The molecule has 4 rings (SSSR count). The van der Waals surface area contributed by atoms with Gasteiger partial charge in [-0.15, -0.1) is 0 Å². The average molecular weight is 361 g/mol. The van der Waals surface area contributed by atoms with Crippen molar-refractivity contribution in [2.75, 3.05) is 10.2 Å². The first-order valence-electron chi connectivity index (χ1n) is 8.98. The lowest BCUT2D eigenvalue weighted by Gasteiger charge is -2.24. The molecule has 1 aromatic heterocycles. The Morgan fingerprint density at radius 2 is 1.93 bits per heavy atom. The predicted octanol–water partition coefficient (Wildman–Crippen LogP) is 4.48. The van der Waals surface area contributed by atoms with E-state index in [1.165, 1.54) is 17.3 Å². The SMILES string of the molecule is CC1Cc2ccccc2N1c1ccc(NC(=O)Cc2ccccc2F)nc1. The molecule has 0 bridgehead atoms. The van der Waals surface area contributed by atoms with E-state index >= 15 is 0 Å². The van der Waals surface area contributed by atoms with Crippen molar-refractivity contribution in [3.8, 4) is 0 Å². The zero-order valence-electron chi connectivity index (χ0n) is 15.0. The van der Waals surface area contributed by atoms with E-state index in [-0.39, 0.29) is 18.1 Å². The van der Waals surface area contributed by atoms with E-state index in [0.717, 1.165) is 12.1 Å². The quantitative estimate of drug-likeness (QED) is 0.745. The van der Waals surface area contributed by atoms with Crippen molar-refractivity contribution in [1.29, 1.82) is 0 Å². The first kappa shape index (κ1) is 17.2. The maximum Gasteiger partial charge on any atom is 0.230 e. The minimum Gasteiger partial charge on any atom is -0.337 e. The highest BCUT2D eigenvalue weighted by Gasteiger charge is 2.26. The zero-order chi connectivity index (χ0) is 18.8. The molecule has 1 unspecified atom stereocenters.